The smallest absolute Gasteiger partial charge is 0.138 e. The van der Waals surface area contributed by atoms with Gasteiger partial charge in [0.15, 0.2) is 0 Å². The van der Waals surface area contributed by atoms with Crippen molar-refractivity contribution in [2.24, 2.45) is 10.9 Å². The quantitative estimate of drug-likeness (QED) is 0.376. The van der Waals surface area contributed by atoms with E-state index in [9.17, 15) is 0 Å². The standard InChI is InChI=1S/C11H10ClN3O/c1-16-9-2-3-10-7(5-9)4-8(6-14-13)11(12)15-10/h2-6H,13H2,1H3/b14-6+. The fourth-order valence-electron chi connectivity index (χ4n) is 1.45. The van der Waals surface area contributed by atoms with Gasteiger partial charge in [-0.2, -0.15) is 5.10 Å². The number of hydrazone groups is 1. The van der Waals surface area contributed by atoms with Gasteiger partial charge in [-0.25, -0.2) is 4.98 Å². The Hall–Kier alpha value is -1.81. The van der Waals surface area contributed by atoms with Gasteiger partial charge in [-0.1, -0.05) is 11.6 Å². The van der Waals surface area contributed by atoms with Gasteiger partial charge in [0.2, 0.25) is 0 Å². The van der Waals surface area contributed by atoms with Crippen molar-refractivity contribution >= 4 is 28.7 Å². The molecule has 0 radical (unpaired) electrons. The number of ether oxygens (including phenoxy) is 1. The highest BCUT2D eigenvalue weighted by Crippen LogP contribution is 2.23. The monoisotopic (exact) mass is 235 g/mol. The lowest BCUT2D eigenvalue weighted by Crippen LogP contribution is -1.92. The number of halogens is 1. The molecule has 5 heteroatoms. The highest BCUT2D eigenvalue weighted by molar-refractivity contribution is 6.32. The zero-order chi connectivity index (χ0) is 11.5. The van der Waals surface area contributed by atoms with Gasteiger partial charge < -0.3 is 10.6 Å². The Morgan fingerprint density at radius 3 is 2.94 bits per heavy atom. The second kappa shape index (κ2) is 4.37. The minimum absolute atomic E-state index is 0.381. The SMILES string of the molecule is COc1ccc2nc(Cl)c(/C=N/N)cc2c1. The average Bonchev–Trinajstić information content (AvgIpc) is 2.30. The van der Waals surface area contributed by atoms with Crippen LogP contribution in [0.4, 0.5) is 0 Å². The molecule has 0 aliphatic carbocycles. The van der Waals surface area contributed by atoms with Crippen molar-refractivity contribution < 1.29 is 4.74 Å². The Morgan fingerprint density at radius 2 is 2.25 bits per heavy atom. The van der Waals surface area contributed by atoms with Gasteiger partial charge in [0.1, 0.15) is 10.9 Å². The van der Waals surface area contributed by atoms with Crippen LogP contribution in [-0.4, -0.2) is 18.3 Å². The molecule has 2 N–H and O–H groups in total. The van der Waals surface area contributed by atoms with Crippen LogP contribution in [0.5, 0.6) is 5.75 Å². The predicted octanol–water partition coefficient (Wildman–Crippen LogP) is 2.19. The zero-order valence-corrected chi connectivity index (χ0v) is 9.40. The number of hydrogen-bond donors (Lipinski definition) is 1. The second-order valence-corrected chi connectivity index (χ2v) is 3.56. The van der Waals surface area contributed by atoms with Crippen LogP contribution in [0.25, 0.3) is 10.9 Å². The van der Waals surface area contributed by atoms with Gasteiger partial charge in [-0.05, 0) is 24.3 Å². The largest absolute Gasteiger partial charge is 0.497 e. The summed E-state index contributed by atoms with van der Waals surface area (Å²) in [5, 5.41) is 4.75. The lowest BCUT2D eigenvalue weighted by atomic mass is 10.1. The Kier molecular flexibility index (Phi) is 2.92. The molecule has 1 heterocycles. The first-order valence-electron chi connectivity index (χ1n) is 4.62. The molecule has 82 valence electrons. The van der Waals surface area contributed by atoms with Crippen molar-refractivity contribution in [3.8, 4) is 5.75 Å². The molecular formula is C11H10ClN3O. The summed E-state index contributed by atoms with van der Waals surface area (Å²) in [6.45, 7) is 0. The van der Waals surface area contributed by atoms with E-state index in [-0.39, 0.29) is 0 Å². The molecule has 0 aliphatic heterocycles. The van der Waals surface area contributed by atoms with Crippen molar-refractivity contribution in [2.45, 2.75) is 0 Å². The topological polar surface area (TPSA) is 60.5 Å². The van der Waals surface area contributed by atoms with E-state index in [0.29, 0.717) is 10.7 Å². The van der Waals surface area contributed by atoms with Crippen LogP contribution in [0.1, 0.15) is 5.56 Å². The lowest BCUT2D eigenvalue weighted by molar-refractivity contribution is 0.415. The number of nitrogens with zero attached hydrogens (tertiary/aromatic N) is 2. The lowest BCUT2D eigenvalue weighted by Gasteiger charge is -2.04. The molecule has 2 rings (SSSR count). The van der Waals surface area contributed by atoms with Gasteiger partial charge >= 0.3 is 0 Å². The molecule has 0 aliphatic rings. The van der Waals surface area contributed by atoms with Crippen molar-refractivity contribution in [3.63, 3.8) is 0 Å². The molecule has 1 aromatic heterocycles. The highest BCUT2D eigenvalue weighted by Gasteiger charge is 2.04. The normalized spacial score (nSPS) is 11.1. The van der Waals surface area contributed by atoms with Crippen LogP contribution in [-0.2, 0) is 0 Å². The molecule has 0 atom stereocenters. The van der Waals surface area contributed by atoms with Crippen LogP contribution in [0, 0.1) is 0 Å². The van der Waals surface area contributed by atoms with E-state index in [4.69, 9.17) is 22.2 Å². The summed E-state index contributed by atoms with van der Waals surface area (Å²) >= 11 is 5.97. The summed E-state index contributed by atoms with van der Waals surface area (Å²) in [5.41, 5.74) is 1.49. The minimum atomic E-state index is 0.381. The number of methoxy groups -OCH3 is 1. The van der Waals surface area contributed by atoms with E-state index in [1.807, 2.05) is 24.3 Å². The number of fused-ring (bicyclic) bond motifs is 1. The van der Waals surface area contributed by atoms with Gasteiger partial charge in [0, 0.05) is 10.9 Å². The highest BCUT2D eigenvalue weighted by atomic mass is 35.5. The van der Waals surface area contributed by atoms with Crippen LogP contribution >= 0.6 is 11.6 Å². The number of benzene rings is 1. The third-order valence-electron chi connectivity index (χ3n) is 2.22. The van der Waals surface area contributed by atoms with Crippen LogP contribution in [0.2, 0.25) is 5.15 Å². The maximum Gasteiger partial charge on any atom is 0.138 e. The first kappa shape index (κ1) is 10.7. The summed E-state index contributed by atoms with van der Waals surface area (Å²) in [5.74, 6) is 5.86. The molecule has 4 nitrogen and oxygen atoms in total. The van der Waals surface area contributed by atoms with Gasteiger partial charge in [-0.15, -0.1) is 0 Å². The summed E-state index contributed by atoms with van der Waals surface area (Å²) in [7, 11) is 1.62. The Labute approximate surface area is 97.7 Å². The molecule has 0 bridgehead atoms. The van der Waals surface area contributed by atoms with Gasteiger partial charge in [0.05, 0.1) is 18.8 Å². The molecular weight excluding hydrogens is 226 g/mol. The molecule has 0 saturated carbocycles. The predicted molar refractivity (Wildman–Crippen MR) is 65.1 cm³/mol. The Morgan fingerprint density at radius 1 is 1.44 bits per heavy atom. The number of hydrogen-bond acceptors (Lipinski definition) is 4. The fourth-order valence-corrected chi connectivity index (χ4v) is 1.64. The van der Waals surface area contributed by atoms with E-state index >= 15 is 0 Å². The van der Waals surface area contributed by atoms with Crippen LogP contribution < -0.4 is 10.6 Å². The molecule has 0 unspecified atom stereocenters. The first-order chi connectivity index (χ1) is 7.74. The van der Waals surface area contributed by atoms with Crippen molar-refractivity contribution in [3.05, 3.63) is 35.0 Å². The van der Waals surface area contributed by atoms with Crippen molar-refractivity contribution in [1.29, 1.82) is 0 Å². The van der Waals surface area contributed by atoms with E-state index in [0.717, 1.165) is 16.7 Å². The molecule has 16 heavy (non-hydrogen) atoms. The van der Waals surface area contributed by atoms with Gasteiger partial charge in [-0.3, -0.25) is 0 Å². The van der Waals surface area contributed by atoms with Crippen molar-refractivity contribution in [1.82, 2.24) is 4.98 Å². The number of nitrogens with two attached hydrogens (primary N) is 1. The fraction of sp³-hybridized carbons (Fsp3) is 0.0909. The number of pyridine rings is 1. The Balaban J connectivity index is 2.65. The molecule has 0 fully saturated rings. The Bertz CT molecular complexity index is 554. The summed E-state index contributed by atoms with van der Waals surface area (Å²) in [6, 6.07) is 7.43. The minimum Gasteiger partial charge on any atom is -0.497 e. The van der Waals surface area contributed by atoms with Crippen molar-refractivity contribution in [2.75, 3.05) is 7.11 Å². The first-order valence-corrected chi connectivity index (χ1v) is 5.00. The van der Waals surface area contributed by atoms with E-state index < -0.39 is 0 Å². The molecule has 0 saturated heterocycles. The molecule has 1 aromatic carbocycles. The zero-order valence-electron chi connectivity index (χ0n) is 8.64. The second-order valence-electron chi connectivity index (χ2n) is 3.21. The maximum absolute atomic E-state index is 5.97. The third-order valence-corrected chi connectivity index (χ3v) is 2.52. The molecule has 0 amide bonds. The van der Waals surface area contributed by atoms with E-state index in [1.165, 1.54) is 6.21 Å². The molecule has 2 aromatic rings. The van der Waals surface area contributed by atoms with Crippen LogP contribution in [0.3, 0.4) is 0 Å². The summed E-state index contributed by atoms with van der Waals surface area (Å²) < 4.78 is 5.13. The maximum atomic E-state index is 5.97. The molecule has 0 spiro atoms. The van der Waals surface area contributed by atoms with Crippen LogP contribution in [0.15, 0.2) is 29.4 Å². The van der Waals surface area contributed by atoms with E-state index in [2.05, 4.69) is 10.1 Å². The third kappa shape index (κ3) is 1.92. The summed E-state index contributed by atoms with van der Waals surface area (Å²) in [4.78, 5) is 4.23. The van der Waals surface area contributed by atoms with Gasteiger partial charge in [0.25, 0.3) is 0 Å². The number of aromatic nitrogens is 1. The summed E-state index contributed by atoms with van der Waals surface area (Å²) in [6.07, 6.45) is 1.47. The average molecular weight is 236 g/mol. The van der Waals surface area contributed by atoms with E-state index in [1.54, 1.807) is 7.11 Å². The number of rotatable bonds is 2.